The van der Waals surface area contributed by atoms with Crippen LogP contribution in [0.25, 0.3) is 77.3 Å². The molecule has 0 saturated heterocycles. The second kappa shape index (κ2) is 14.9. The van der Waals surface area contributed by atoms with E-state index in [1.165, 1.54) is 5.56 Å². The minimum atomic E-state index is 0.495. The Kier molecular flexibility index (Phi) is 9.19. The summed E-state index contributed by atoms with van der Waals surface area (Å²) in [4.78, 5) is 15.7. The van der Waals surface area contributed by atoms with Crippen molar-refractivity contribution in [2.45, 2.75) is 6.92 Å². The van der Waals surface area contributed by atoms with Crippen molar-refractivity contribution in [1.82, 2.24) is 15.0 Å². The number of nitrogen functional groups attached to an aromatic ring is 1. The van der Waals surface area contributed by atoms with Crippen LogP contribution in [-0.2, 0) is 0 Å². The van der Waals surface area contributed by atoms with Gasteiger partial charge < -0.3 is 10.2 Å². The van der Waals surface area contributed by atoms with Crippen molar-refractivity contribution >= 4 is 54.8 Å². The molecule has 0 unspecified atom stereocenters. The van der Waals surface area contributed by atoms with Gasteiger partial charge in [-0.3, -0.25) is 5.41 Å². The topological polar surface area (TPSA) is 102 Å². The highest BCUT2D eigenvalue weighted by Crippen LogP contribution is 2.38. The fourth-order valence-corrected chi connectivity index (χ4v) is 8.09. The van der Waals surface area contributed by atoms with Gasteiger partial charge in [0.2, 0.25) is 0 Å². The summed E-state index contributed by atoms with van der Waals surface area (Å²) in [5, 5.41) is 11.4. The Morgan fingerprint density at radius 2 is 1.04 bits per heavy atom. The molecule has 7 aromatic carbocycles. The first kappa shape index (κ1) is 34.5. The van der Waals surface area contributed by atoms with Gasteiger partial charge in [0.25, 0.3) is 0 Å². The van der Waals surface area contributed by atoms with Gasteiger partial charge in [-0.25, -0.2) is 15.0 Å². The molecule has 0 fully saturated rings. The predicted octanol–water partition coefficient (Wildman–Crippen LogP) is 12.6. The number of thiophene rings is 1. The molecule has 0 radical (unpaired) electrons. The first-order valence-electron chi connectivity index (χ1n) is 18.3. The first-order valence-corrected chi connectivity index (χ1v) is 19.1. The average Bonchev–Trinajstić information content (AvgIpc) is 3.83. The van der Waals surface area contributed by atoms with Crippen LogP contribution in [0.4, 0.5) is 5.69 Å². The molecule has 3 aromatic heterocycles. The zero-order valence-corrected chi connectivity index (χ0v) is 31.3. The lowest BCUT2D eigenvalue weighted by molar-refractivity contribution is 0.669. The molecule has 6 nitrogen and oxygen atoms in total. The van der Waals surface area contributed by atoms with E-state index >= 15 is 0 Å². The van der Waals surface area contributed by atoms with E-state index in [1.54, 1.807) is 11.3 Å². The third-order valence-electron chi connectivity index (χ3n) is 9.81. The Morgan fingerprint density at radius 3 is 1.71 bits per heavy atom. The Bertz CT molecular complexity index is 2990. The van der Waals surface area contributed by atoms with Crippen LogP contribution >= 0.6 is 11.3 Å². The highest BCUT2D eigenvalue weighted by Gasteiger charge is 2.19. The summed E-state index contributed by atoms with van der Waals surface area (Å²) in [6.45, 7) is 2.11. The summed E-state index contributed by atoms with van der Waals surface area (Å²) in [7, 11) is 0. The van der Waals surface area contributed by atoms with Crippen LogP contribution in [0.3, 0.4) is 0 Å². The van der Waals surface area contributed by atoms with E-state index in [0.717, 1.165) is 70.3 Å². The normalized spacial score (nSPS) is 11.1. The van der Waals surface area contributed by atoms with Crippen molar-refractivity contribution in [2.75, 3.05) is 5.73 Å². The standard InChI is InChI=1S/C34H23N3O.C15H12N2S/c1-22-10-8-16-28-30(22)31-27(15-9-17-29(31)38-28)34-36-32(25-13-6-3-7-14-25)35-33(37-34)26-20-18-24(19-21-26)23-11-4-2-5-12-23;16-13(10-6-2-1-3-7-10)15-14(17)11-8-4-5-9-12(11)18-15/h2-21H,1H3;1-9,16H,17H2. The Morgan fingerprint density at radius 1 is 0.518 bits per heavy atom. The van der Waals surface area contributed by atoms with Crippen molar-refractivity contribution in [3.63, 3.8) is 0 Å². The fourth-order valence-electron chi connectivity index (χ4n) is 7.00. The summed E-state index contributed by atoms with van der Waals surface area (Å²) in [5.74, 6) is 1.90. The second-order valence-electron chi connectivity index (χ2n) is 13.4. The second-order valence-corrected chi connectivity index (χ2v) is 14.5. The van der Waals surface area contributed by atoms with E-state index in [1.807, 2.05) is 115 Å². The number of aryl methyl sites for hydroxylation is 1. The lowest BCUT2D eigenvalue weighted by Crippen LogP contribution is -2.01. The number of nitrogens with two attached hydrogens (primary N) is 1. The highest BCUT2D eigenvalue weighted by atomic mass is 32.1. The molecule has 3 heterocycles. The number of furan rings is 1. The largest absolute Gasteiger partial charge is 0.456 e. The summed E-state index contributed by atoms with van der Waals surface area (Å²) in [6, 6.07) is 58.7. The van der Waals surface area contributed by atoms with Gasteiger partial charge in [0.05, 0.1) is 16.3 Å². The Labute approximate surface area is 328 Å². The third-order valence-corrected chi connectivity index (χ3v) is 11.0. The SMILES string of the molecule is Cc1cccc2oc3cccc(-c4nc(-c5ccccc5)nc(-c5ccc(-c6ccccc6)cc5)n4)c3c12.N=C(c1ccccc1)c1sc2ccccc2c1N. The van der Waals surface area contributed by atoms with Gasteiger partial charge in [0.1, 0.15) is 11.2 Å². The molecule has 3 N–H and O–H groups in total. The summed E-state index contributed by atoms with van der Waals surface area (Å²) in [5.41, 5.74) is 16.2. The zero-order valence-electron chi connectivity index (χ0n) is 30.5. The maximum atomic E-state index is 8.27. The van der Waals surface area contributed by atoms with Crippen LogP contribution in [0.5, 0.6) is 0 Å². The minimum Gasteiger partial charge on any atom is -0.456 e. The number of benzene rings is 7. The van der Waals surface area contributed by atoms with E-state index in [2.05, 4.69) is 67.6 Å². The molecular weight excluding hydrogens is 707 g/mol. The lowest BCUT2D eigenvalue weighted by atomic mass is 10.0. The number of hydrogen-bond acceptors (Lipinski definition) is 7. The molecule has 10 aromatic rings. The van der Waals surface area contributed by atoms with Crippen molar-refractivity contribution in [3.05, 3.63) is 192 Å². The molecule has 0 aliphatic carbocycles. The van der Waals surface area contributed by atoms with Crippen molar-refractivity contribution in [3.8, 4) is 45.3 Å². The molecule has 0 spiro atoms. The van der Waals surface area contributed by atoms with Gasteiger partial charge in [0, 0.05) is 43.1 Å². The number of nitrogens with zero attached hydrogens (tertiary/aromatic N) is 3. The Balaban J connectivity index is 0.000000190. The molecule has 0 amide bonds. The van der Waals surface area contributed by atoms with Gasteiger partial charge in [-0.15, -0.1) is 11.3 Å². The highest BCUT2D eigenvalue weighted by molar-refractivity contribution is 7.21. The molecule has 0 bridgehead atoms. The first-order chi connectivity index (χ1) is 27.5. The van der Waals surface area contributed by atoms with E-state index in [-0.39, 0.29) is 0 Å². The number of fused-ring (bicyclic) bond motifs is 4. The van der Waals surface area contributed by atoms with Crippen LogP contribution in [0.2, 0.25) is 0 Å². The molecule has 268 valence electrons. The van der Waals surface area contributed by atoms with E-state index in [0.29, 0.717) is 28.9 Å². The van der Waals surface area contributed by atoms with E-state index < -0.39 is 0 Å². The van der Waals surface area contributed by atoms with Crippen LogP contribution < -0.4 is 5.73 Å². The lowest BCUT2D eigenvalue weighted by Gasteiger charge is -2.10. The molecule has 10 rings (SSSR count). The maximum absolute atomic E-state index is 8.27. The van der Waals surface area contributed by atoms with E-state index in [9.17, 15) is 0 Å². The molecule has 56 heavy (non-hydrogen) atoms. The monoisotopic (exact) mass is 741 g/mol. The van der Waals surface area contributed by atoms with Gasteiger partial charge in [-0.05, 0) is 41.8 Å². The van der Waals surface area contributed by atoms with Crippen molar-refractivity contribution in [1.29, 1.82) is 5.41 Å². The number of hydrogen-bond donors (Lipinski definition) is 2. The molecule has 0 atom stereocenters. The van der Waals surface area contributed by atoms with Gasteiger partial charge in [-0.2, -0.15) is 0 Å². The fraction of sp³-hybridized carbons (Fsp3) is 0.0204. The summed E-state index contributed by atoms with van der Waals surface area (Å²) >= 11 is 1.58. The smallest absolute Gasteiger partial charge is 0.164 e. The molecule has 7 heteroatoms. The summed E-state index contributed by atoms with van der Waals surface area (Å²) < 4.78 is 7.34. The number of nitrogens with one attached hydrogen (secondary N) is 1. The number of aromatic nitrogens is 3. The maximum Gasteiger partial charge on any atom is 0.164 e. The van der Waals surface area contributed by atoms with Crippen LogP contribution in [-0.4, -0.2) is 20.7 Å². The van der Waals surface area contributed by atoms with Crippen molar-refractivity contribution in [2.24, 2.45) is 0 Å². The zero-order chi connectivity index (χ0) is 38.0. The van der Waals surface area contributed by atoms with Crippen LogP contribution in [0.15, 0.2) is 180 Å². The van der Waals surface area contributed by atoms with Crippen LogP contribution in [0, 0.1) is 12.3 Å². The van der Waals surface area contributed by atoms with Crippen LogP contribution in [0.1, 0.15) is 16.0 Å². The Hall–Kier alpha value is -7.22. The average molecular weight is 742 g/mol. The van der Waals surface area contributed by atoms with Gasteiger partial charge in [-0.1, -0.05) is 158 Å². The molecule has 0 aliphatic heterocycles. The molecular formula is C49H35N5OS. The van der Waals surface area contributed by atoms with Gasteiger partial charge >= 0.3 is 0 Å². The van der Waals surface area contributed by atoms with Crippen molar-refractivity contribution < 1.29 is 4.42 Å². The van der Waals surface area contributed by atoms with Gasteiger partial charge in [0.15, 0.2) is 17.5 Å². The van der Waals surface area contributed by atoms with E-state index in [4.69, 9.17) is 30.5 Å². The predicted molar refractivity (Wildman–Crippen MR) is 232 cm³/mol. The minimum absolute atomic E-state index is 0.495. The summed E-state index contributed by atoms with van der Waals surface area (Å²) in [6.07, 6.45) is 0. The number of anilines is 1. The molecule has 0 saturated carbocycles. The quantitative estimate of drug-likeness (QED) is 0.165. The number of rotatable bonds is 6. The third kappa shape index (κ3) is 6.61. The molecule has 0 aliphatic rings.